The summed E-state index contributed by atoms with van der Waals surface area (Å²) in [5, 5.41) is 13.1. The van der Waals surface area contributed by atoms with E-state index in [4.69, 9.17) is 24.9 Å². The Kier molecular flexibility index (Phi) is 8.97. The van der Waals surface area contributed by atoms with E-state index in [-0.39, 0.29) is 11.3 Å². The Balaban J connectivity index is 1.86. The molecule has 0 amide bonds. The molecule has 2 unspecified atom stereocenters. The first-order valence-electron chi connectivity index (χ1n) is 11.6. The van der Waals surface area contributed by atoms with Crippen LogP contribution in [0.4, 0.5) is 4.39 Å². The van der Waals surface area contributed by atoms with Crippen LogP contribution in [0.15, 0.2) is 46.1 Å². The number of hydrogen-bond acceptors (Lipinski definition) is 9. The highest BCUT2D eigenvalue weighted by Gasteiger charge is 2.58. The van der Waals surface area contributed by atoms with E-state index in [9.17, 15) is 24.1 Å². The molecule has 206 valence electrons. The molecule has 3 rings (SSSR count). The van der Waals surface area contributed by atoms with E-state index in [2.05, 4.69) is 5.09 Å². The number of rotatable bonds is 10. The number of alkyl halides is 1. The second kappa shape index (κ2) is 11.6. The lowest BCUT2D eigenvalue weighted by Gasteiger charge is -2.25. The summed E-state index contributed by atoms with van der Waals surface area (Å²) in [6.07, 6.45) is 0.536. The fourth-order valence-corrected chi connectivity index (χ4v) is 5.08. The van der Waals surface area contributed by atoms with Crippen LogP contribution in [0.5, 0.6) is 5.75 Å². The molecule has 2 heterocycles. The van der Waals surface area contributed by atoms with Crippen molar-refractivity contribution in [2.24, 2.45) is 0 Å². The molecule has 0 radical (unpaired) electrons. The molecule has 0 spiro atoms. The largest absolute Gasteiger partial charge is 0.462 e. The third-order valence-corrected chi connectivity index (χ3v) is 7.14. The first kappa shape index (κ1) is 29.3. The number of para-hydroxylation sites is 1. The minimum atomic E-state index is -4.37. The number of aliphatic hydroxyl groups is 1. The van der Waals surface area contributed by atoms with E-state index in [1.807, 2.05) is 4.98 Å². The van der Waals surface area contributed by atoms with E-state index < -0.39 is 67.8 Å². The normalized spacial score (nSPS) is 25.4. The SMILES string of the molecule is C#C[C@]1(F)C(n2cc(C)c(=O)[nH]c2=O)O[C@H](COP(=O)(N[C@H](C)C(=O)OC(C)C)Oc2ccccc2)[C@H]1O. The van der Waals surface area contributed by atoms with Gasteiger partial charge in [0.2, 0.25) is 5.67 Å². The Morgan fingerprint density at radius 3 is 2.61 bits per heavy atom. The van der Waals surface area contributed by atoms with Crippen LogP contribution in [0.2, 0.25) is 0 Å². The number of H-pyrrole nitrogens is 1. The van der Waals surface area contributed by atoms with Crippen molar-refractivity contribution in [2.45, 2.75) is 63.9 Å². The lowest BCUT2D eigenvalue weighted by molar-refractivity contribution is -0.149. The van der Waals surface area contributed by atoms with Crippen molar-refractivity contribution in [2.75, 3.05) is 6.61 Å². The molecule has 1 aromatic heterocycles. The van der Waals surface area contributed by atoms with Crippen LogP contribution in [-0.4, -0.2) is 57.3 Å². The zero-order chi connectivity index (χ0) is 28.3. The number of aromatic amines is 1. The molecule has 0 saturated carbocycles. The van der Waals surface area contributed by atoms with Crippen LogP contribution in [0.3, 0.4) is 0 Å². The van der Waals surface area contributed by atoms with Crippen molar-refractivity contribution in [3.63, 3.8) is 0 Å². The molecule has 1 aliphatic rings. The second-order valence-corrected chi connectivity index (χ2v) is 10.6. The zero-order valence-electron chi connectivity index (χ0n) is 21.1. The minimum Gasteiger partial charge on any atom is -0.462 e. The standard InChI is InChI=1S/C24H29FN3O9P/c1-6-24(25)19(29)18(36-22(24)28-12-15(4)20(30)26-23(28)32)13-34-38(33,37-17-10-8-7-9-11-17)27-16(5)21(31)35-14(2)3/h1,7-12,14,16,18-19,22,29H,13H2,2-5H3,(H,27,33)(H,26,30,32)/t16-,18-,19-,22?,24-,38?/m1/s1. The Bertz CT molecular complexity index is 1360. The molecule has 0 aliphatic carbocycles. The fraction of sp³-hybridized carbons (Fsp3) is 0.458. The van der Waals surface area contributed by atoms with Crippen molar-refractivity contribution in [3.8, 4) is 18.1 Å². The average Bonchev–Trinajstić information content (AvgIpc) is 3.10. The number of ether oxygens (including phenoxy) is 2. The van der Waals surface area contributed by atoms with E-state index in [1.165, 1.54) is 26.0 Å². The number of hydrogen-bond donors (Lipinski definition) is 3. The molecule has 3 N–H and O–H groups in total. The van der Waals surface area contributed by atoms with Gasteiger partial charge in [-0.2, -0.15) is 5.09 Å². The summed E-state index contributed by atoms with van der Waals surface area (Å²) in [7, 11) is -4.37. The van der Waals surface area contributed by atoms with Crippen molar-refractivity contribution < 1.29 is 37.4 Å². The van der Waals surface area contributed by atoms with Gasteiger partial charge in [-0.25, -0.2) is 13.8 Å². The number of carbonyl (C=O) groups excluding carboxylic acids is 1. The summed E-state index contributed by atoms with van der Waals surface area (Å²) in [6, 6.07) is 6.74. The van der Waals surface area contributed by atoms with Crippen molar-refractivity contribution in [1.29, 1.82) is 0 Å². The van der Waals surface area contributed by atoms with Gasteiger partial charge in [0.1, 0.15) is 24.0 Å². The van der Waals surface area contributed by atoms with E-state index in [1.54, 1.807) is 38.0 Å². The van der Waals surface area contributed by atoms with Gasteiger partial charge in [0, 0.05) is 11.8 Å². The predicted octanol–water partition coefficient (Wildman–Crippen LogP) is 1.58. The summed E-state index contributed by atoms with van der Waals surface area (Å²) in [5.74, 6) is 1.19. The number of aryl methyl sites for hydroxylation is 1. The molecule has 14 heteroatoms. The van der Waals surface area contributed by atoms with Gasteiger partial charge in [-0.3, -0.25) is 23.7 Å². The number of benzene rings is 1. The molecule has 1 saturated heterocycles. The molecule has 6 atom stereocenters. The van der Waals surface area contributed by atoms with Gasteiger partial charge in [0.05, 0.1) is 12.7 Å². The number of aromatic nitrogens is 2. The highest BCUT2D eigenvalue weighted by atomic mass is 31.2. The van der Waals surface area contributed by atoms with E-state index in [0.29, 0.717) is 4.57 Å². The molecule has 2 aromatic rings. The second-order valence-electron chi connectivity index (χ2n) is 8.90. The van der Waals surface area contributed by atoms with Gasteiger partial charge in [-0.15, -0.1) is 6.42 Å². The minimum absolute atomic E-state index is 0.0639. The Labute approximate surface area is 217 Å². The zero-order valence-corrected chi connectivity index (χ0v) is 22.0. The van der Waals surface area contributed by atoms with Gasteiger partial charge in [0.25, 0.3) is 5.56 Å². The molecule has 1 aliphatic heterocycles. The monoisotopic (exact) mass is 553 g/mol. The topological polar surface area (TPSA) is 158 Å². The first-order valence-corrected chi connectivity index (χ1v) is 13.1. The summed E-state index contributed by atoms with van der Waals surface area (Å²) >= 11 is 0. The van der Waals surface area contributed by atoms with Crippen molar-refractivity contribution >= 4 is 13.7 Å². The molecule has 38 heavy (non-hydrogen) atoms. The van der Waals surface area contributed by atoms with Crippen LogP contribution in [0.1, 0.15) is 32.6 Å². The number of esters is 1. The maximum absolute atomic E-state index is 15.8. The number of nitrogens with one attached hydrogen (secondary N) is 2. The van der Waals surface area contributed by atoms with Crippen LogP contribution in [0, 0.1) is 19.3 Å². The highest BCUT2D eigenvalue weighted by molar-refractivity contribution is 7.52. The molecular weight excluding hydrogens is 524 g/mol. The van der Waals surface area contributed by atoms with Crippen LogP contribution in [0.25, 0.3) is 0 Å². The van der Waals surface area contributed by atoms with Gasteiger partial charge < -0.3 is 19.1 Å². The van der Waals surface area contributed by atoms with Crippen LogP contribution < -0.4 is 20.9 Å². The molecule has 0 bridgehead atoms. The van der Waals surface area contributed by atoms with Gasteiger partial charge in [-0.1, -0.05) is 24.1 Å². The van der Waals surface area contributed by atoms with Gasteiger partial charge >= 0.3 is 19.4 Å². The number of carbonyl (C=O) groups is 1. The number of nitrogens with zero attached hydrogens (tertiary/aromatic N) is 1. The van der Waals surface area contributed by atoms with E-state index in [0.717, 1.165) is 6.20 Å². The maximum Gasteiger partial charge on any atom is 0.459 e. The van der Waals surface area contributed by atoms with Crippen molar-refractivity contribution in [3.05, 3.63) is 62.9 Å². The predicted molar refractivity (Wildman–Crippen MR) is 133 cm³/mol. The fourth-order valence-electron chi connectivity index (χ4n) is 3.58. The van der Waals surface area contributed by atoms with Crippen LogP contribution in [-0.2, 0) is 23.4 Å². The lowest BCUT2D eigenvalue weighted by atomic mass is 9.97. The van der Waals surface area contributed by atoms with E-state index >= 15 is 4.39 Å². The third kappa shape index (κ3) is 6.40. The number of terminal acetylenes is 1. The first-order chi connectivity index (χ1) is 17.8. The Morgan fingerprint density at radius 1 is 1.34 bits per heavy atom. The average molecular weight is 553 g/mol. The number of halogens is 1. The number of aliphatic hydroxyl groups excluding tert-OH is 1. The lowest BCUT2D eigenvalue weighted by Crippen LogP contribution is -2.45. The van der Waals surface area contributed by atoms with Gasteiger partial charge in [0.15, 0.2) is 6.23 Å². The quantitative estimate of drug-likeness (QED) is 0.224. The molecule has 1 fully saturated rings. The molecule has 1 aromatic carbocycles. The Morgan fingerprint density at radius 2 is 2.00 bits per heavy atom. The summed E-state index contributed by atoms with van der Waals surface area (Å²) in [4.78, 5) is 38.4. The highest BCUT2D eigenvalue weighted by Crippen LogP contribution is 2.47. The summed E-state index contributed by atoms with van der Waals surface area (Å²) < 4.78 is 51.7. The Hall–Kier alpha value is -3.27. The van der Waals surface area contributed by atoms with Crippen LogP contribution >= 0.6 is 7.75 Å². The summed E-state index contributed by atoms with van der Waals surface area (Å²) in [5.41, 5.74) is -4.57. The van der Waals surface area contributed by atoms with Crippen molar-refractivity contribution in [1.82, 2.24) is 14.6 Å². The van der Waals surface area contributed by atoms with Gasteiger partial charge in [-0.05, 0) is 39.8 Å². The third-order valence-electron chi connectivity index (χ3n) is 5.50. The smallest absolute Gasteiger partial charge is 0.459 e. The molecule has 12 nitrogen and oxygen atoms in total. The molecular formula is C24H29FN3O9P. The maximum atomic E-state index is 15.8. The summed E-state index contributed by atoms with van der Waals surface area (Å²) in [6.45, 7) is 5.30.